The fraction of sp³-hybridized carbons (Fsp3) is 0.692. The molecule has 1 aliphatic heterocycles. The van der Waals surface area contributed by atoms with Gasteiger partial charge >= 0.3 is 12.2 Å². The van der Waals surface area contributed by atoms with Gasteiger partial charge in [0.25, 0.3) is 0 Å². The maximum atomic E-state index is 11.8. The molecule has 0 bridgehead atoms. The van der Waals surface area contributed by atoms with E-state index in [9.17, 15) is 9.90 Å². The highest BCUT2D eigenvalue weighted by Gasteiger charge is 2.43. The average molecular weight is 269 g/mol. The van der Waals surface area contributed by atoms with Crippen LogP contribution < -0.4 is 0 Å². The topological polar surface area (TPSA) is 83.9 Å². The Kier molecular flexibility index (Phi) is 5.76. The van der Waals surface area contributed by atoms with Crippen molar-refractivity contribution in [2.45, 2.75) is 51.4 Å². The van der Waals surface area contributed by atoms with E-state index in [1.165, 1.54) is 4.90 Å². The Bertz CT molecular complexity index is 400. The lowest BCUT2D eigenvalue weighted by Crippen LogP contribution is -2.40. The zero-order valence-corrected chi connectivity index (χ0v) is 11.6. The molecule has 0 saturated carbocycles. The standard InChI is InChI=1S/C12H19NO3.CO2/c1-6-12(15)7-9(2)13(8-12)10(14)16-11(3,4)5;2-1-3/h1,9,15H,7-8H2,2-5H3;/t9-,12?;/m1./s1. The number of ether oxygens (including phenoxy) is 1. The van der Waals surface area contributed by atoms with Crippen LogP contribution in [-0.4, -0.2) is 46.0 Å². The third-order valence-corrected chi connectivity index (χ3v) is 2.49. The summed E-state index contributed by atoms with van der Waals surface area (Å²) in [5, 5.41) is 9.90. The van der Waals surface area contributed by atoms with Crippen LogP contribution >= 0.6 is 0 Å². The molecule has 0 spiro atoms. The molecule has 0 aromatic heterocycles. The lowest BCUT2D eigenvalue weighted by molar-refractivity contribution is -0.191. The van der Waals surface area contributed by atoms with Crippen LogP contribution in [0, 0.1) is 12.3 Å². The van der Waals surface area contributed by atoms with E-state index >= 15 is 0 Å². The molecule has 106 valence electrons. The molecule has 1 saturated heterocycles. The second-order valence-electron chi connectivity index (χ2n) is 5.42. The van der Waals surface area contributed by atoms with E-state index in [1.54, 1.807) is 20.8 Å². The number of β-amino-alcohol motifs (C(OH)–C–C–N with tert-alkyl or cyclic N) is 1. The van der Waals surface area contributed by atoms with Crippen molar-refractivity contribution in [2.75, 3.05) is 6.54 Å². The van der Waals surface area contributed by atoms with Crippen LogP contribution in [0.1, 0.15) is 34.1 Å². The van der Waals surface area contributed by atoms with Gasteiger partial charge in [-0.2, -0.15) is 9.59 Å². The summed E-state index contributed by atoms with van der Waals surface area (Å²) in [4.78, 5) is 29.5. The number of rotatable bonds is 0. The van der Waals surface area contributed by atoms with E-state index in [0.29, 0.717) is 6.42 Å². The molecule has 0 radical (unpaired) electrons. The number of hydrogen-bond donors (Lipinski definition) is 1. The Morgan fingerprint density at radius 3 is 2.26 bits per heavy atom. The molecular weight excluding hydrogens is 250 g/mol. The first-order valence-corrected chi connectivity index (χ1v) is 5.77. The van der Waals surface area contributed by atoms with Crippen molar-refractivity contribution in [2.24, 2.45) is 0 Å². The molecule has 6 nitrogen and oxygen atoms in total. The highest BCUT2D eigenvalue weighted by molar-refractivity contribution is 5.69. The van der Waals surface area contributed by atoms with E-state index in [0.717, 1.165) is 0 Å². The number of likely N-dealkylation sites (tertiary alicyclic amines) is 1. The van der Waals surface area contributed by atoms with Gasteiger partial charge in [-0.3, -0.25) is 0 Å². The molecule has 1 rings (SSSR count). The smallest absolute Gasteiger partial charge is 0.410 e. The molecule has 2 atom stereocenters. The number of terminal acetylenes is 1. The van der Waals surface area contributed by atoms with E-state index in [2.05, 4.69) is 5.92 Å². The molecule has 1 N–H and O–H groups in total. The molecule has 1 fully saturated rings. The minimum Gasteiger partial charge on any atom is -0.444 e. The van der Waals surface area contributed by atoms with Crippen molar-refractivity contribution in [1.29, 1.82) is 0 Å². The van der Waals surface area contributed by atoms with Crippen molar-refractivity contribution in [3.63, 3.8) is 0 Å². The highest BCUT2D eigenvalue weighted by Crippen LogP contribution is 2.27. The molecule has 1 unspecified atom stereocenters. The fourth-order valence-corrected chi connectivity index (χ4v) is 1.77. The van der Waals surface area contributed by atoms with E-state index in [4.69, 9.17) is 20.7 Å². The summed E-state index contributed by atoms with van der Waals surface area (Å²) in [5.41, 5.74) is -1.75. The van der Waals surface area contributed by atoms with Gasteiger partial charge in [-0.05, 0) is 27.7 Å². The Morgan fingerprint density at radius 2 is 1.95 bits per heavy atom. The van der Waals surface area contributed by atoms with Gasteiger partial charge in [0, 0.05) is 12.5 Å². The number of hydrogen-bond acceptors (Lipinski definition) is 5. The highest BCUT2D eigenvalue weighted by atomic mass is 16.6. The van der Waals surface area contributed by atoms with Gasteiger partial charge in [-0.25, -0.2) is 4.79 Å². The van der Waals surface area contributed by atoms with Gasteiger partial charge in [0.05, 0.1) is 6.54 Å². The molecule has 0 aliphatic carbocycles. The number of carbonyl (C=O) groups is 1. The van der Waals surface area contributed by atoms with Gasteiger partial charge in [-0.1, -0.05) is 5.92 Å². The van der Waals surface area contributed by atoms with Crippen LogP contribution in [0.2, 0.25) is 0 Å². The van der Waals surface area contributed by atoms with E-state index in [1.807, 2.05) is 6.92 Å². The zero-order chi connectivity index (χ0) is 15.3. The molecule has 0 aromatic rings. The number of carbonyl (C=O) groups excluding carboxylic acids is 3. The van der Waals surface area contributed by atoms with Crippen LogP contribution in [0.15, 0.2) is 0 Å². The number of aliphatic hydroxyl groups is 1. The SMILES string of the molecule is C#CC1(O)C[C@@H](C)N(C(=O)OC(C)(C)C)C1.O=C=O. The third-order valence-electron chi connectivity index (χ3n) is 2.49. The summed E-state index contributed by atoms with van der Waals surface area (Å²) < 4.78 is 5.24. The summed E-state index contributed by atoms with van der Waals surface area (Å²) in [7, 11) is 0. The van der Waals surface area contributed by atoms with Gasteiger partial charge in [0.2, 0.25) is 0 Å². The lowest BCUT2D eigenvalue weighted by atomic mass is 10.0. The monoisotopic (exact) mass is 269 g/mol. The Hall–Kier alpha value is -1.83. The van der Waals surface area contributed by atoms with Crippen LogP contribution in [0.25, 0.3) is 0 Å². The van der Waals surface area contributed by atoms with Crippen molar-refractivity contribution >= 4 is 12.2 Å². The quantitative estimate of drug-likeness (QED) is 0.657. The first kappa shape index (κ1) is 17.2. The maximum absolute atomic E-state index is 11.8. The number of amides is 1. The van der Waals surface area contributed by atoms with Gasteiger partial charge in [0.15, 0.2) is 0 Å². The fourth-order valence-electron chi connectivity index (χ4n) is 1.77. The predicted molar refractivity (Wildman–Crippen MR) is 65.8 cm³/mol. The van der Waals surface area contributed by atoms with Crippen molar-refractivity contribution in [1.82, 2.24) is 4.90 Å². The van der Waals surface area contributed by atoms with Gasteiger partial charge in [0.1, 0.15) is 11.2 Å². The van der Waals surface area contributed by atoms with Crippen LogP contribution in [0.3, 0.4) is 0 Å². The third kappa shape index (κ3) is 5.56. The maximum Gasteiger partial charge on any atom is 0.410 e. The van der Waals surface area contributed by atoms with Crippen molar-refractivity contribution in [3.8, 4) is 12.3 Å². The summed E-state index contributed by atoms with van der Waals surface area (Å²) in [6, 6.07) is -0.101. The molecule has 1 aliphatic rings. The van der Waals surface area contributed by atoms with Crippen molar-refractivity contribution in [3.05, 3.63) is 0 Å². The van der Waals surface area contributed by atoms with Gasteiger partial charge in [-0.15, -0.1) is 6.42 Å². The van der Waals surface area contributed by atoms with Crippen LogP contribution in [0.4, 0.5) is 4.79 Å². The zero-order valence-electron chi connectivity index (χ0n) is 11.6. The molecule has 1 heterocycles. The molecular formula is C13H19NO5. The summed E-state index contributed by atoms with van der Waals surface area (Å²) >= 11 is 0. The predicted octanol–water partition coefficient (Wildman–Crippen LogP) is 0.796. The largest absolute Gasteiger partial charge is 0.444 e. The van der Waals surface area contributed by atoms with Crippen LogP contribution in [0.5, 0.6) is 0 Å². The Morgan fingerprint density at radius 1 is 1.47 bits per heavy atom. The summed E-state index contributed by atoms with van der Waals surface area (Å²) in [5.74, 6) is 2.32. The van der Waals surface area contributed by atoms with E-state index < -0.39 is 17.3 Å². The molecule has 19 heavy (non-hydrogen) atoms. The minimum absolute atomic E-state index is 0.101. The lowest BCUT2D eigenvalue weighted by Gasteiger charge is -2.26. The first-order valence-electron chi connectivity index (χ1n) is 5.77. The second kappa shape index (κ2) is 6.37. The Labute approximate surface area is 112 Å². The summed E-state index contributed by atoms with van der Waals surface area (Å²) in [6.45, 7) is 7.40. The molecule has 0 aromatic carbocycles. The first-order chi connectivity index (χ1) is 8.58. The van der Waals surface area contributed by atoms with Crippen molar-refractivity contribution < 1.29 is 24.2 Å². The Balaban J connectivity index is 0.000000982. The molecule has 1 amide bonds. The van der Waals surface area contributed by atoms with E-state index in [-0.39, 0.29) is 18.7 Å². The molecule has 6 heteroatoms. The van der Waals surface area contributed by atoms with Crippen LogP contribution in [-0.2, 0) is 14.3 Å². The summed E-state index contributed by atoms with van der Waals surface area (Å²) in [6.07, 6.45) is 5.46. The average Bonchev–Trinajstić information content (AvgIpc) is 2.54. The normalized spacial score (nSPS) is 25.7. The van der Waals surface area contributed by atoms with Gasteiger partial charge < -0.3 is 14.7 Å². The second-order valence-corrected chi connectivity index (χ2v) is 5.42. The number of nitrogens with zero attached hydrogens (tertiary/aromatic N) is 1. The minimum atomic E-state index is -1.21.